The molecule has 2 N–H and O–H groups in total. The first-order valence-corrected chi connectivity index (χ1v) is 8.75. The number of aryl methyl sites for hydroxylation is 1. The average molecular weight is 384 g/mol. The summed E-state index contributed by atoms with van der Waals surface area (Å²) in [5, 5.41) is 1.25. The molecule has 0 unspecified atom stereocenters. The molecule has 2 heterocycles. The summed E-state index contributed by atoms with van der Waals surface area (Å²) in [6.07, 6.45) is 0. The number of halogens is 2. The lowest BCUT2D eigenvalue weighted by Gasteiger charge is -2.06. The summed E-state index contributed by atoms with van der Waals surface area (Å²) >= 11 is 2.71. The molecule has 0 saturated heterocycles. The van der Waals surface area contributed by atoms with Gasteiger partial charge in [-0.1, -0.05) is 11.8 Å². The minimum atomic E-state index is -0.344. The van der Waals surface area contributed by atoms with Crippen LogP contribution in [0.3, 0.4) is 0 Å². The Balaban J connectivity index is 0.00000208. The van der Waals surface area contributed by atoms with E-state index in [9.17, 15) is 9.18 Å². The molecule has 1 aromatic carbocycles. The lowest BCUT2D eigenvalue weighted by molar-refractivity contribution is 0.102. The molecule has 0 saturated carbocycles. The van der Waals surface area contributed by atoms with E-state index in [1.165, 1.54) is 35.2 Å². The van der Waals surface area contributed by atoms with Gasteiger partial charge in [-0.2, -0.15) is 0 Å². The van der Waals surface area contributed by atoms with E-state index in [1.54, 1.807) is 19.1 Å². The maximum Gasteiger partial charge on any atom is 0.183 e. The number of aromatic nitrogens is 2. The zero-order valence-electron chi connectivity index (χ0n) is 12.8. The zero-order chi connectivity index (χ0) is 16.4. The van der Waals surface area contributed by atoms with Gasteiger partial charge in [0.25, 0.3) is 0 Å². The van der Waals surface area contributed by atoms with Crippen LogP contribution in [0.25, 0.3) is 10.9 Å². The summed E-state index contributed by atoms with van der Waals surface area (Å²) < 4.78 is 13.5. The minimum absolute atomic E-state index is 0. The van der Waals surface area contributed by atoms with Gasteiger partial charge in [0, 0.05) is 16.8 Å². The highest BCUT2D eigenvalue weighted by molar-refractivity contribution is 8.00. The van der Waals surface area contributed by atoms with Crippen LogP contribution in [-0.2, 0) is 6.54 Å². The van der Waals surface area contributed by atoms with Gasteiger partial charge in [-0.05, 0) is 37.3 Å². The van der Waals surface area contributed by atoms with Crippen LogP contribution in [0.5, 0.6) is 0 Å². The second kappa shape index (κ2) is 8.02. The molecule has 0 aliphatic rings. The van der Waals surface area contributed by atoms with E-state index in [1.807, 2.05) is 6.07 Å². The fourth-order valence-corrected chi connectivity index (χ4v) is 3.99. The highest BCUT2D eigenvalue weighted by atomic mass is 35.5. The quantitative estimate of drug-likeness (QED) is 0.410. The zero-order valence-corrected chi connectivity index (χ0v) is 15.2. The first-order chi connectivity index (χ1) is 11.1. The summed E-state index contributed by atoms with van der Waals surface area (Å²) in [6, 6.07) is 8.05. The number of thioether (sulfide) groups is 1. The second-order valence-electron chi connectivity index (χ2n) is 4.92. The van der Waals surface area contributed by atoms with Crippen LogP contribution >= 0.6 is 35.5 Å². The van der Waals surface area contributed by atoms with E-state index in [-0.39, 0.29) is 29.8 Å². The normalized spacial score (nSPS) is 10.6. The Morgan fingerprint density at radius 3 is 2.79 bits per heavy atom. The van der Waals surface area contributed by atoms with Crippen molar-refractivity contribution >= 4 is 52.2 Å². The van der Waals surface area contributed by atoms with Crippen molar-refractivity contribution in [2.24, 2.45) is 5.73 Å². The molecule has 0 aliphatic heterocycles. The third-order valence-electron chi connectivity index (χ3n) is 3.21. The molecule has 4 nitrogen and oxygen atoms in total. The van der Waals surface area contributed by atoms with E-state index in [0.29, 0.717) is 33.2 Å². The number of nitrogens with two attached hydrogens (primary N) is 1. The third-order valence-corrected chi connectivity index (χ3v) is 5.35. The standard InChI is InChI=1S/C16H14FN3OS2.ClH/c1-9-19-13-4-2-10(17)6-12(13)16(20-9)22-8-14(21)15-5-3-11(7-18)23-15;/h2-6H,7-8,18H2,1H3;1H. The van der Waals surface area contributed by atoms with Gasteiger partial charge in [0.15, 0.2) is 5.78 Å². The molecule has 2 aromatic heterocycles. The monoisotopic (exact) mass is 383 g/mol. The van der Waals surface area contributed by atoms with E-state index in [2.05, 4.69) is 9.97 Å². The summed E-state index contributed by atoms with van der Waals surface area (Å²) in [5.41, 5.74) is 6.24. The van der Waals surface area contributed by atoms with Crippen LogP contribution in [0.4, 0.5) is 4.39 Å². The van der Waals surface area contributed by atoms with Crippen LogP contribution < -0.4 is 5.73 Å². The number of nitrogens with zero attached hydrogens (tertiary/aromatic N) is 2. The summed E-state index contributed by atoms with van der Waals surface area (Å²) in [6.45, 7) is 2.21. The lowest BCUT2D eigenvalue weighted by Crippen LogP contribution is -2.01. The number of ketones is 1. The Kier molecular flexibility index (Phi) is 6.28. The topological polar surface area (TPSA) is 68.9 Å². The summed E-state index contributed by atoms with van der Waals surface area (Å²) in [5.74, 6) is 0.511. The third kappa shape index (κ3) is 4.10. The molecule has 3 aromatic rings. The van der Waals surface area contributed by atoms with Gasteiger partial charge in [0.1, 0.15) is 16.7 Å². The summed E-state index contributed by atoms with van der Waals surface area (Å²) in [4.78, 5) is 22.6. The molecule has 0 aliphatic carbocycles. The number of fused-ring (bicyclic) bond motifs is 1. The van der Waals surface area contributed by atoms with E-state index >= 15 is 0 Å². The average Bonchev–Trinajstić information content (AvgIpc) is 3.02. The molecule has 0 spiro atoms. The Bertz CT molecular complexity index is 885. The minimum Gasteiger partial charge on any atom is -0.326 e. The number of carbonyl (C=O) groups excluding carboxylic acids is 1. The Hall–Kier alpha value is -1.54. The molecule has 3 rings (SSSR count). The van der Waals surface area contributed by atoms with Crippen molar-refractivity contribution in [3.05, 3.63) is 51.7 Å². The van der Waals surface area contributed by atoms with Crippen molar-refractivity contribution < 1.29 is 9.18 Å². The van der Waals surface area contributed by atoms with E-state index in [0.717, 1.165) is 4.88 Å². The maximum absolute atomic E-state index is 13.5. The largest absolute Gasteiger partial charge is 0.326 e. The number of rotatable bonds is 5. The Morgan fingerprint density at radius 2 is 2.08 bits per heavy atom. The number of benzene rings is 1. The number of thiophene rings is 1. The SMILES string of the molecule is Cc1nc(SCC(=O)c2ccc(CN)s2)c2cc(F)ccc2n1.Cl. The van der Waals surface area contributed by atoms with Crippen molar-refractivity contribution in [3.63, 3.8) is 0 Å². The fourth-order valence-electron chi connectivity index (χ4n) is 2.14. The first-order valence-electron chi connectivity index (χ1n) is 6.95. The van der Waals surface area contributed by atoms with Gasteiger partial charge >= 0.3 is 0 Å². The highest BCUT2D eigenvalue weighted by Crippen LogP contribution is 2.27. The van der Waals surface area contributed by atoms with Gasteiger partial charge in [0.05, 0.1) is 16.1 Å². The molecular weight excluding hydrogens is 369 g/mol. The molecule has 0 radical (unpaired) electrons. The number of hydrogen-bond donors (Lipinski definition) is 1. The van der Waals surface area contributed by atoms with Crippen LogP contribution in [0.1, 0.15) is 20.4 Å². The Morgan fingerprint density at radius 1 is 1.29 bits per heavy atom. The van der Waals surface area contributed by atoms with Gasteiger partial charge in [-0.15, -0.1) is 23.7 Å². The second-order valence-corrected chi connectivity index (χ2v) is 7.05. The molecule has 24 heavy (non-hydrogen) atoms. The fraction of sp³-hybridized carbons (Fsp3) is 0.188. The first kappa shape index (κ1) is 18.8. The summed E-state index contributed by atoms with van der Waals surface area (Å²) in [7, 11) is 0. The van der Waals surface area contributed by atoms with Crippen LogP contribution in [0.2, 0.25) is 0 Å². The number of Topliss-reactive ketones (excluding diaryl/α,β-unsaturated/α-hetero) is 1. The molecule has 8 heteroatoms. The van der Waals surface area contributed by atoms with Crippen molar-refractivity contribution in [2.45, 2.75) is 18.5 Å². The molecule has 126 valence electrons. The van der Waals surface area contributed by atoms with Crippen LogP contribution in [-0.4, -0.2) is 21.5 Å². The van der Waals surface area contributed by atoms with Gasteiger partial charge in [0.2, 0.25) is 0 Å². The Labute approximate surface area is 153 Å². The molecule has 0 fully saturated rings. The molecule has 0 atom stereocenters. The molecule has 0 bridgehead atoms. The van der Waals surface area contributed by atoms with Crippen LogP contribution in [0, 0.1) is 12.7 Å². The van der Waals surface area contributed by atoms with Crippen molar-refractivity contribution in [1.29, 1.82) is 0 Å². The van der Waals surface area contributed by atoms with Crippen molar-refractivity contribution in [2.75, 3.05) is 5.75 Å². The highest BCUT2D eigenvalue weighted by Gasteiger charge is 2.13. The van der Waals surface area contributed by atoms with E-state index in [4.69, 9.17) is 5.73 Å². The van der Waals surface area contributed by atoms with Gasteiger partial charge < -0.3 is 5.73 Å². The molecule has 0 amide bonds. The van der Waals surface area contributed by atoms with E-state index < -0.39 is 0 Å². The number of hydrogen-bond acceptors (Lipinski definition) is 6. The molecular formula is C16H15ClFN3OS2. The van der Waals surface area contributed by atoms with Crippen molar-refractivity contribution in [3.8, 4) is 0 Å². The van der Waals surface area contributed by atoms with Gasteiger partial charge in [-0.3, -0.25) is 4.79 Å². The predicted octanol–water partition coefficient (Wildman–Crippen LogP) is 3.99. The predicted molar refractivity (Wildman–Crippen MR) is 98.7 cm³/mol. The smallest absolute Gasteiger partial charge is 0.183 e. The maximum atomic E-state index is 13.5. The lowest BCUT2D eigenvalue weighted by atomic mass is 10.2. The van der Waals surface area contributed by atoms with Crippen molar-refractivity contribution in [1.82, 2.24) is 9.97 Å². The van der Waals surface area contributed by atoms with Gasteiger partial charge in [-0.25, -0.2) is 14.4 Å². The number of carbonyl (C=O) groups is 1. The van der Waals surface area contributed by atoms with Crippen LogP contribution in [0.15, 0.2) is 35.4 Å².